The first kappa shape index (κ1) is 15.4. The smallest absolute Gasteiger partial charge is 0.376 e. The number of hydrogen-bond acceptors (Lipinski definition) is 8. The molecule has 0 amide bonds. The third kappa shape index (κ3) is 3.31. The lowest BCUT2D eigenvalue weighted by Gasteiger charge is -2.27. The van der Waals surface area contributed by atoms with Gasteiger partial charge >= 0.3 is 5.97 Å². The van der Waals surface area contributed by atoms with Crippen LogP contribution in [0.15, 0.2) is 16.8 Å². The molecule has 23 heavy (non-hydrogen) atoms. The summed E-state index contributed by atoms with van der Waals surface area (Å²) in [6.45, 7) is 7.34. The van der Waals surface area contributed by atoms with Crippen LogP contribution >= 0.6 is 0 Å². The van der Waals surface area contributed by atoms with Crippen LogP contribution in [0.3, 0.4) is 0 Å². The molecule has 3 rings (SSSR count). The van der Waals surface area contributed by atoms with Crippen molar-refractivity contribution < 1.29 is 13.9 Å². The Morgan fingerprint density at radius 1 is 1.35 bits per heavy atom. The molecule has 1 saturated heterocycles. The summed E-state index contributed by atoms with van der Waals surface area (Å²) in [4.78, 5) is 26.9. The fourth-order valence-electron chi connectivity index (χ4n) is 2.37. The summed E-state index contributed by atoms with van der Waals surface area (Å²) in [6, 6.07) is 0. The van der Waals surface area contributed by atoms with Crippen molar-refractivity contribution in [1.82, 2.24) is 20.3 Å². The van der Waals surface area contributed by atoms with Crippen molar-refractivity contribution in [3.05, 3.63) is 23.8 Å². The average molecular weight is 317 g/mol. The maximum Gasteiger partial charge on any atom is 0.376 e. The van der Waals surface area contributed by atoms with E-state index in [1.807, 2.05) is 0 Å². The van der Waals surface area contributed by atoms with E-state index in [0.717, 1.165) is 26.2 Å². The first-order chi connectivity index (χ1) is 11.2. The molecular formula is C15H19N5O3. The van der Waals surface area contributed by atoms with Crippen LogP contribution in [0.4, 0.5) is 5.95 Å². The van der Waals surface area contributed by atoms with Crippen molar-refractivity contribution in [2.45, 2.75) is 13.8 Å². The van der Waals surface area contributed by atoms with E-state index in [2.05, 4.69) is 25.2 Å². The number of carbonyl (C=O) groups is 1. The van der Waals surface area contributed by atoms with Gasteiger partial charge in [-0.1, -0.05) is 0 Å². The van der Waals surface area contributed by atoms with Gasteiger partial charge in [-0.3, -0.25) is 0 Å². The van der Waals surface area contributed by atoms with E-state index in [9.17, 15) is 4.79 Å². The zero-order valence-corrected chi connectivity index (χ0v) is 13.2. The molecule has 8 nitrogen and oxygen atoms in total. The molecule has 0 unspecified atom stereocenters. The van der Waals surface area contributed by atoms with E-state index in [0.29, 0.717) is 23.1 Å². The molecule has 0 atom stereocenters. The zero-order chi connectivity index (χ0) is 16.2. The Kier molecular flexibility index (Phi) is 4.52. The lowest BCUT2D eigenvalue weighted by molar-refractivity contribution is 0.0490. The molecule has 1 aliphatic rings. The predicted octanol–water partition coefficient (Wildman–Crippen LogP) is 1.03. The van der Waals surface area contributed by atoms with Gasteiger partial charge in [0.2, 0.25) is 17.6 Å². The number of ether oxygens (including phenoxy) is 1. The van der Waals surface area contributed by atoms with Gasteiger partial charge in [-0.05, 0) is 13.8 Å². The second kappa shape index (κ2) is 6.74. The number of carbonyl (C=O) groups excluding carboxylic acids is 1. The van der Waals surface area contributed by atoms with E-state index >= 15 is 0 Å². The summed E-state index contributed by atoms with van der Waals surface area (Å²) in [5.74, 6) is 0.608. The van der Waals surface area contributed by atoms with Gasteiger partial charge in [-0.25, -0.2) is 19.7 Å². The van der Waals surface area contributed by atoms with Crippen LogP contribution in [0.5, 0.6) is 0 Å². The molecule has 0 saturated carbocycles. The number of piperazine rings is 1. The average Bonchev–Trinajstić information content (AvgIpc) is 2.98. The minimum atomic E-state index is -0.512. The fraction of sp³-hybridized carbons (Fsp3) is 0.467. The van der Waals surface area contributed by atoms with Crippen molar-refractivity contribution in [3.63, 3.8) is 0 Å². The monoisotopic (exact) mass is 317 g/mol. The van der Waals surface area contributed by atoms with Gasteiger partial charge in [0.1, 0.15) is 0 Å². The second-order valence-electron chi connectivity index (χ2n) is 5.16. The first-order valence-electron chi connectivity index (χ1n) is 7.61. The van der Waals surface area contributed by atoms with Crippen LogP contribution < -0.4 is 10.2 Å². The maximum atomic E-state index is 11.8. The summed E-state index contributed by atoms with van der Waals surface area (Å²) >= 11 is 0. The highest BCUT2D eigenvalue weighted by Crippen LogP contribution is 2.22. The van der Waals surface area contributed by atoms with E-state index in [1.165, 1.54) is 0 Å². The Morgan fingerprint density at radius 3 is 2.70 bits per heavy atom. The van der Waals surface area contributed by atoms with Gasteiger partial charge in [0.25, 0.3) is 0 Å². The van der Waals surface area contributed by atoms with E-state index < -0.39 is 5.97 Å². The first-order valence-corrected chi connectivity index (χ1v) is 7.61. The van der Waals surface area contributed by atoms with E-state index in [-0.39, 0.29) is 12.4 Å². The summed E-state index contributed by atoms with van der Waals surface area (Å²) in [7, 11) is 0. The third-order valence-electron chi connectivity index (χ3n) is 3.54. The summed E-state index contributed by atoms with van der Waals surface area (Å²) in [6.07, 6.45) is 3.31. The standard InChI is InChI=1S/C15H19N5O3/c1-3-22-14(21)12-10(2)19-13(23-12)11-8-17-15(18-9-11)20-6-4-16-5-7-20/h8-9,16H,3-7H2,1-2H3. The van der Waals surface area contributed by atoms with Crippen molar-refractivity contribution in [2.24, 2.45) is 0 Å². The number of nitrogens with one attached hydrogen (secondary N) is 1. The molecule has 0 bridgehead atoms. The van der Waals surface area contributed by atoms with Crippen molar-refractivity contribution >= 4 is 11.9 Å². The van der Waals surface area contributed by atoms with Gasteiger partial charge in [0.15, 0.2) is 0 Å². The lowest BCUT2D eigenvalue weighted by Crippen LogP contribution is -2.44. The number of rotatable bonds is 4. The molecule has 122 valence electrons. The quantitative estimate of drug-likeness (QED) is 0.836. The van der Waals surface area contributed by atoms with Gasteiger partial charge in [0.05, 0.1) is 17.9 Å². The molecule has 1 fully saturated rings. The normalized spacial score (nSPS) is 14.8. The Hall–Kier alpha value is -2.48. The Balaban J connectivity index is 1.79. The molecule has 1 aliphatic heterocycles. The molecule has 0 radical (unpaired) electrons. The topological polar surface area (TPSA) is 93.4 Å². The van der Waals surface area contributed by atoms with Gasteiger partial charge in [0, 0.05) is 38.6 Å². The molecule has 2 aromatic heterocycles. The number of hydrogen-bond donors (Lipinski definition) is 1. The zero-order valence-electron chi connectivity index (χ0n) is 13.2. The fourth-order valence-corrected chi connectivity index (χ4v) is 2.37. The Morgan fingerprint density at radius 2 is 2.04 bits per heavy atom. The SMILES string of the molecule is CCOC(=O)c1oc(-c2cnc(N3CCNCC3)nc2)nc1C. The number of aromatic nitrogens is 3. The Bertz CT molecular complexity index is 677. The van der Waals surface area contributed by atoms with Crippen molar-refractivity contribution in [1.29, 1.82) is 0 Å². The highest BCUT2D eigenvalue weighted by molar-refractivity contribution is 5.87. The molecule has 0 aromatic carbocycles. The van der Waals surface area contributed by atoms with E-state index in [1.54, 1.807) is 26.2 Å². The lowest BCUT2D eigenvalue weighted by atomic mass is 10.3. The van der Waals surface area contributed by atoms with Crippen molar-refractivity contribution in [3.8, 4) is 11.5 Å². The molecule has 0 aliphatic carbocycles. The number of oxazole rings is 1. The number of aryl methyl sites for hydroxylation is 1. The maximum absolute atomic E-state index is 11.8. The highest BCUT2D eigenvalue weighted by Gasteiger charge is 2.20. The van der Waals surface area contributed by atoms with Crippen LogP contribution in [-0.2, 0) is 4.74 Å². The largest absolute Gasteiger partial charge is 0.460 e. The summed E-state index contributed by atoms with van der Waals surface area (Å²) < 4.78 is 10.5. The molecule has 8 heteroatoms. The summed E-state index contributed by atoms with van der Waals surface area (Å²) in [5, 5.41) is 3.29. The van der Waals surface area contributed by atoms with Crippen LogP contribution in [0.25, 0.3) is 11.5 Å². The third-order valence-corrected chi connectivity index (χ3v) is 3.54. The van der Waals surface area contributed by atoms with Gasteiger partial charge in [-0.2, -0.15) is 0 Å². The minimum Gasteiger partial charge on any atom is -0.460 e. The molecule has 3 heterocycles. The number of nitrogens with zero attached hydrogens (tertiary/aromatic N) is 4. The van der Waals surface area contributed by atoms with Crippen LogP contribution in [-0.4, -0.2) is 53.7 Å². The summed E-state index contributed by atoms with van der Waals surface area (Å²) in [5.41, 5.74) is 1.12. The van der Waals surface area contributed by atoms with Gasteiger partial charge < -0.3 is 19.4 Å². The predicted molar refractivity (Wildman–Crippen MR) is 83.3 cm³/mol. The molecular weight excluding hydrogens is 298 g/mol. The second-order valence-corrected chi connectivity index (χ2v) is 5.16. The number of anilines is 1. The van der Waals surface area contributed by atoms with Crippen LogP contribution in [0.1, 0.15) is 23.2 Å². The van der Waals surface area contributed by atoms with Crippen LogP contribution in [0.2, 0.25) is 0 Å². The number of esters is 1. The Labute approximate surface area is 133 Å². The minimum absolute atomic E-state index is 0.119. The van der Waals surface area contributed by atoms with Gasteiger partial charge in [-0.15, -0.1) is 0 Å². The van der Waals surface area contributed by atoms with Crippen molar-refractivity contribution in [2.75, 3.05) is 37.7 Å². The van der Waals surface area contributed by atoms with Crippen LogP contribution in [0, 0.1) is 6.92 Å². The highest BCUT2D eigenvalue weighted by atomic mass is 16.5. The molecule has 0 spiro atoms. The molecule has 2 aromatic rings. The molecule has 1 N–H and O–H groups in total. The van der Waals surface area contributed by atoms with E-state index in [4.69, 9.17) is 9.15 Å².